The Kier molecular flexibility index (Phi) is 8.89. The number of methoxy groups -OCH3 is 1. The second-order valence-electron chi connectivity index (χ2n) is 9.97. The lowest BCUT2D eigenvalue weighted by Crippen LogP contribution is -2.44. The van der Waals surface area contributed by atoms with Crippen LogP contribution in [-0.4, -0.2) is 52.8 Å². The molecule has 2 aromatic carbocycles. The number of aliphatic carboxylic acids is 1. The van der Waals surface area contributed by atoms with Gasteiger partial charge in [-0.15, -0.1) is 0 Å². The van der Waals surface area contributed by atoms with Crippen LogP contribution < -0.4 is 4.74 Å². The van der Waals surface area contributed by atoms with Gasteiger partial charge in [0, 0.05) is 18.1 Å². The monoisotopic (exact) mass is 530 g/mol. The number of hydrogen-bond donors (Lipinski definition) is 2. The number of ether oxygens (including phenoxy) is 1. The van der Waals surface area contributed by atoms with Gasteiger partial charge in [-0.25, -0.2) is 0 Å². The smallest absolute Gasteiger partial charge is 0.416 e. The highest BCUT2D eigenvalue weighted by molar-refractivity contribution is 5.83. The number of aliphatic hydroxyl groups excluding tert-OH is 1. The zero-order valence-corrected chi connectivity index (χ0v) is 21.3. The summed E-state index contributed by atoms with van der Waals surface area (Å²) in [4.78, 5) is 18.6. The fourth-order valence-electron chi connectivity index (χ4n) is 5.36. The van der Waals surface area contributed by atoms with Crippen molar-refractivity contribution in [2.75, 3.05) is 26.7 Å². The van der Waals surface area contributed by atoms with Crippen LogP contribution in [0.15, 0.2) is 54.7 Å². The molecule has 4 rings (SSSR count). The van der Waals surface area contributed by atoms with Gasteiger partial charge in [-0.05, 0) is 98.6 Å². The van der Waals surface area contributed by atoms with Crippen molar-refractivity contribution in [3.8, 4) is 5.75 Å². The van der Waals surface area contributed by atoms with Crippen LogP contribution in [0.4, 0.5) is 13.2 Å². The standard InChI is InChI=1S/C29H33F3N2O4/c1-38-22-9-10-26-24(17-22)23(12-14-33-26)27(35)11-6-20-13-16-34(18-25(20)28(36)37)15-2-3-19-4-7-21(8-5-19)29(30,31)32/h4-5,7-10,12,14,17,20,25,27,35H,2-3,6,11,13,15-16,18H2,1H3,(H,36,37)/t20-,25+,27+/m1/s1. The van der Waals surface area contributed by atoms with Gasteiger partial charge in [-0.3, -0.25) is 9.78 Å². The minimum Gasteiger partial charge on any atom is -0.497 e. The molecule has 9 heteroatoms. The maximum absolute atomic E-state index is 12.7. The number of carboxylic acids is 1. The molecule has 3 atom stereocenters. The molecule has 0 bridgehead atoms. The Morgan fingerprint density at radius 1 is 1.18 bits per heavy atom. The zero-order valence-electron chi connectivity index (χ0n) is 21.3. The number of carboxylic acid groups (broad SMARTS) is 1. The molecule has 1 aliphatic rings. The van der Waals surface area contributed by atoms with Gasteiger partial charge in [-0.1, -0.05) is 12.1 Å². The SMILES string of the molecule is COc1ccc2nccc([C@@H](O)CC[C@@H]3CCN(CCCc4ccc(C(F)(F)F)cc4)C[C@@H]3C(=O)O)c2c1. The van der Waals surface area contributed by atoms with E-state index in [0.717, 1.165) is 53.5 Å². The number of rotatable bonds is 10. The second kappa shape index (κ2) is 12.1. The molecule has 1 aromatic heterocycles. The van der Waals surface area contributed by atoms with E-state index in [4.69, 9.17) is 4.74 Å². The Morgan fingerprint density at radius 2 is 1.95 bits per heavy atom. The van der Waals surface area contributed by atoms with Gasteiger partial charge < -0.3 is 19.8 Å². The first kappa shape index (κ1) is 27.9. The molecular formula is C29H33F3N2O4. The summed E-state index contributed by atoms with van der Waals surface area (Å²) in [7, 11) is 1.58. The molecule has 0 spiro atoms. The largest absolute Gasteiger partial charge is 0.497 e. The summed E-state index contributed by atoms with van der Waals surface area (Å²) in [6.45, 7) is 1.87. The number of piperidine rings is 1. The predicted molar refractivity (Wildman–Crippen MR) is 138 cm³/mol. The number of pyridine rings is 1. The fourth-order valence-corrected chi connectivity index (χ4v) is 5.36. The first-order chi connectivity index (χ1) is 18.2. The van der Waals surface area contributed by atoms with E-state index in [1.165, 1.54) is 12.1 Å². The number of hydrogen-bond acceptors (Lipinski definition) is 5. The third kappa shape index (κ3) is 6.82. The minimum absolute atomic E-state index is 0.0454. The van der Waals surface area contributed by atoms with Gasteiger partial charge in [0.05, 0.1) is 30.2 Å². The van der Waals surface area contributed by atoms with E-state index in [0.29, 0.717) is 38.1 Å². The summed E-state index contributed by atoms with van der Waals surface area (Å²) in [6.07, 6.45) is -0.310. The number of halogens is 3. The van der Waals surface area contributed by atoms with Gasteiger partial charge in [0.15, 0.2) is 0 Å². The average molecular weight is 531 g/mol. The lowest BCUT2D eigenvalue weighted by molar-refractivity contribution is -0.146. The molecule has 6 nitrogen and oxygen atoms in total. The van der Waals surface area contributed by atoms with Crippen molar-refractivity contribution in [3.05, 3.63) is 71.4 Å². The van der Waals surface area contributed by atoms with Gasteiger partial charge in [0.1, 0.15) is 5.75 Å². The van der Waals surface area contributed by atoms with E-state index in [9.17, 15) is 28.2 Å². The molecule has 0 radical (unpaired) electrons. The second-order valence-corrected chi connectivity index (χ2v) is 9.97. The lowest BCUT2D eigenvalue weighted by Gasteiger charge is -2.37. The number of aromatic nitrogens is 1. The molecule has 0 aliphatic carbocycles. The van der Waals surface area contributed by atoms with E-state index in [1.807, 2.05) is 18.2 Å². The van der Waals surface area contributed by atoms with Crippen LogP contribution in [0.1, 0.15) is 48.5 Å². The van der Waals surface area contributed by atoms with E-state index >= 15 is 0 Å². The third-order valence-electron chi connectivity index (χ3n) is 7.53. The summed E-state index contributed by atoms with van der Waals surface area (Å²) < 4.78 is 43.6. The molecule has 2 N–H and O–H groups in total. The molecule has 1 fully saturated rings. The summed E-state index contributed by atoms with van der Waals surface area (Å²) in [6, 6.07) is 12.5. The van der Waals surface area contributed by atoms with Gasteiger partial charge in [-0.2, -0.15) is 13.2 Å². The van der Waals surface area contributed by atoms with Crippen molar-refractivity contribution in [2.45, 2.75) is 44.4 Å². The fraction of sp³-hybridized carbons (Fsp3) is 0.448. The molecule has 0 amide bonds. The van der Waals surface area contributed by atoms with Gasteiger partial charge in [0.2, 0.25) is 0 Å². The average Bonchev–Trinajstić information content (AvgIpc) is 2.91. The van der Waals surface area contributed by atoms with Crippen molar-refractivity contribution in [2.24, 2.45) is 11.8 Å². The normalized spacial score (nSPS) is 19.4. The first-order valence-electron chi connectivity index (χ1n) is 12.9. The Labute approximate surface area is 220 Å². The minimum atomic E-state index is -4.34. The van der Waals surface area contributed by atoms with E-state index < -0.39 is 29.7 Å². The van der Waals surface area contributed by atoms with Crippen molar-refractivity contribution >= 4 is 16.9 Å². The topological polar surface area (TPSA) is 82.9 Å². The van der Waals surface area contributed by atoms with Crippen LogP contribution in [0.3, 0.4) is 0 Å². The number of aryl methyl sites for hydroxylation is 1. The highest BCUT2D eigenvalue weighted by Crippen LogP contribution is 2.34. The van der Waals surface area contributed by atoms with Crippen LogP contribution in [0.2, 0.25) is 0 Å². The highest BCUT2D eigenvalue weighted by atomic mass is 19.4. The number of aliphatic hydroxyl groups is 1. The lowest BCUT2D eigenvalue weighted by atomic mass is 9.81. The molecular weight excluding hydrogens is 497 g/mol. The third-order valence-corrected chi connectivity index (χ3v) is 7.53. The van der Waals surface area contributed by atoms with Crippen LogP contribution in [0, 0.1) is 11.8 Å². The number of alkyl halides is 3. The Bertz CT molecular complexity index is 1230. The predicted octanol–water partition coefficient (Wildman–Crippen LogP) is 5.73. The van der Waals surface area contributed by atoms with Crippen LogP contribution in [0.5, 0.6) is 5.75 Å². The molecule has 1 saturated heterocycles. The quantitative estimate of drug-likeness (QED) is 0.348. The number of carbonyl (C=O) groups is 1. The Balaban J connectivity index is 1.30. The molecule has 0 unspecified atom stereocenters. The Morgan fingerprint density at radius 3 is 2.63 bits per heavy atom. The van der Waals surface area contributed by atoms with Crippen molar-refractivity contribution in [1.82, 2.24) is 9.88 Å². The highest BCUT2D eigenvalue weighted by Gasteiger charge is 2.34. The molecule has 38 heavy (non-hydrogen) atoms. The number of nitrogens with zero attached hydrogens (tertiary/aromatic N) is 2. The summed E-state index contributed by atoms with van der Waals surface area (Å²) in [5, 5.41) is 21.7. The molecule has 204 valence electrons. The number of fused-ring (bicyclic) bond motifs is 1. The van der Waals surface area contributed by atoms with Crippen molar-refractivity contribution < 1.29 is 32.9 Å². The van der Waals surface area contributed by atoms with Crippen LogP contribution >= 0.6 is 0 Å². The van der Waals surface area contributed by atoms with Crippen molar-refractivity contribution in [1.29, 1.82) is 0 Å². The summed E-state index contributed by atoms with van der Waals surface area (Å²) >= 11 is 0. The molecule has 0 saturated carbocycles. The maximum atomic E-state index is 12.7. The maximum Gasteiger partial charge on any atom is 0.416 e. The van der Waals surface area contributed by atoms with Gasteiger partial charge in [0.25, 0.3) is 0 Å². The van der Waals surface area contributed by atoms with E-state index in [1.54, 1.807) is 19.4 Å². The first-order valence-corrected chi connectivity index (χ1v) is 12.9. The van der Waals surface area contributed by atoms with E-state index in [-0.39, 0.29) is 5.92 Å². The Hall–Kier alpha value is -3.17. The molecule has 2 heterocycles. The van der Waals surface area contributed by atoms with Gasteiger partial charge >= 0.3 is 12.1 Å². The summed E-state index contributed by atoms with van der Waals surface area (Å²) in [5.41, 5.74) is 1.68. The van der Waals surface area contributed by atoms with Crippen LogP contribution in [0.25, 0.3) is 10.9 Å². The molecule has 3 aromatic rings. The number of benzene rings is 2. The van der Waals surface area contributed by atoms with Crippen molar-refractivity contribution in [3.63, 3.8) is 0 Å². The molecule has 1 aliphatic heterocycles. The van der Waals surface area contributed by atoms with Crippen LogP contribution in [-0.2, 0) is 17.4 Å². The summed E-state index contributed by atoms with van der Waals surface area (Å²) in [5.74, 6) is -0.737. The zero-order chi connectivity index (χ0) is 27.3. The number of likely N-dealkylation sites (tertiary alicyclic amines) is 1. The van der Waals surface area contributed by atoms with E-state index in [2.05, 4.69) is 9.88 Å².